The lowest BCUT2D eigenvalue weighted by Gasteiger charge is -2.34. The summed E-state index contributed by atoms with van der Waals surface area (Å²) in [5.41, 5.74) is 2.03. The zero-order chi connectivity index (χ0) is 22.4. The minimum atomic E-state index is -3.69. The van der Waals surface area contributed by atoms with Crippen molar-refractivity contribution in [3.63, 3.8) is 0 Å². The van der Waals surface area contributed by atoms with Gasteiger partial charge in [-0.1, -0.05) is 42.5 Å². The molecule has 7 nitrogen and oxygen atoms in total. The van der Waals surface area contributed by atoms with Gasteiger partial charge in [0.05, 0.1) is 16.2 Å². The quantitative estimate of drug-likeness (QED) is 0.514. The van der Waals surface area contributed by atoms with Crippen LogP contribution in [0.3, 0.4) is 0 Å². The molecule has 0 amide bonds. The Morgan fingerprint density at radius 3 is 2.38 bits per heavy atom. The van der Waals surface area contributed by atoms with Crippen LogP contribution in [0.5, 0.6) is 0 Å². The number of nitrogens with zero attached hydrogens (tertiary/aromatic N) is 3. The number of pyridine rings is 1. The Hall–Kier alpha value is -3.07. The number of carbonyl (C=O) groups is 1. The molecule has 0 radical (unpaired) electrons. The first kappa shape index (κ1) is 22.1. The van der Waals surface area contributed by atoms with Gasteiger partial charge in [0.25, 0.3) is 0 Å². The molecule has 166 valence electrons. The van der Waals surface area contributed by atoms with Crippen molar-refractivity contribution >= 4 is 16.0 Å². The molecule has 2 aromatic carbocycles. The second kappa shape index (κ2) is 10.0. The number of ether oxygens (including phenoxy) is 1. The Labute approximate surface area is 188 Å². The highest BCUT2D eigenvalue weighted by Crippen LogP contribution is 2.20. The van der Waals surface area contributed by atoms with Crippen LogP contribution in [0.25, 0.3) is 0 Å². The van der Waals surface area contributed by atoms with E-state index in [4.69, 9.17) is 4.74 Å². The average Bonchev–Trinajstić information content (AvgIpc) is 2.84. The zero-order valence-electron chi connectivity index (χ0n) is 17.6. The SMILES string of the molecule is O=C(OCc1ccccn1)c1cccc(S(=O)(=O)N2CCN(Cc3ccccc3)CC2)c1. The zero-order valence-corrected chi connectivity index (χ0v) is 18.4. The van der Waals surface area contributed by atoms with Gasteiger partial charge in [-0.25, -0.2) is 13.2 Å². The molecule has 4 rings (SSSR count). The first-order valence-electron chi connectivity index (χ1n) is 10.5. The summed E-state index contributed by atoms with van der Waals surface area (Å²) in [4.78, 5) is 18.9. The van der Waals surface area contributed by atoms with E-state index in [-0.39, 0.29) is 17.1 Å². The van der Waals surface area contributed by atoms with E-state index in [0.29, 0.717) is 31.9 Å². The highest BCUT2D eigenvalue weighted by molar-refractivity contribution is 7.89. The second-order valence-electron chi connectivity index (χ2n) is 7.59. The van der Waals surface area contributed by atoms with Crippen LogP contribution in [-0.4, -0.2) is 54.8 Å². The van der Waals surface area contributed by atoms with Gasteiger partial charge in [0, 0.05) is 38.9 Å². The monoisotopic (exact) mass is 451 g/mol. The van der Waals surface area contributed by atoms with Crippen molar-refractivity contribution in [3.05, 3.63) is 95.8 Å². The Morgan fingerprint density at radius 1 is 0.906 bits per heavy atom. The highest BCUT2D eigenvalue weighted by Gasteiger charge is 2.29. The van der Waals surface area contributed by atoms with E-state index >= 15 is 0 Å². The Kier molecular flexibility index (Phi) is 6.94. The fourth-order valence-electron chi connectivity index (χ4n) is 3.61. The first-order valence-corrected chi connectivity index (χ1v) is 11.9. The summed E-state index contributed by atoms with van der Waals surface area (Å²) in [6.07, 6.45) is 1.62. The van der Waals surface area contributed by atoms with Gasteiger partial charge >= 0.3 is 5.97 Å². The summed E-state index contributed by atoms with van der Waals surface area (Å²) in [7, 11) is -3.69. The number of hydrogen-bond donors (Lipinski definition) is 0. The normalized spacial score (nSPS) is 15.4. The van der Waals surface area contributed by atoms with Crippen molar-refractivity contribution in [3.8, 4) is 0 Å². The molecule has 0 spiro atoms. The number of esters is 1. The van der Waals surface area contributed by atoms with E-state index in [1.54, 1.807) is 30.5 Å². The summed E-state index contributed by atoms with van der Waals surface area (Å²) in [5.74, 6) is -0.583. The number of hydrogen-bond acceptors (Lipinski definition) is 6. The van der Waals surface area contributed by atoms with Crippen LogP contribution in [0.1, 0.15) is 21.6 Å². The Balaban J connectivity index is 1.38. The van der Waals surface area contributed by atoms with Gasteiger partial charge in [0.1, 0.15) is 6.61 Å². The minimum Gasteiger partial charge on any atom is -0.456 e. The van der Waals surface area contributed by atoms with Crippen molar-refractivity contribution in [2.75, 3.05) is 26.2 Å². The summed E-state index contributed by atoms with van der Waals surface area (Å²) in [5, 5.41) is 0. The molecule has 2 heterocycles. The molecule has 1 fully saturated rings. The van der Waals surface area contributed by atoms with Crippen molar-refractivity contribution in [1.82, 2.24) is 14.2 Å². The molecule has 0 atom stereocenters. The van der Waals surface area contributed by atoms with Crippen molar-refractivity contribution in [2.24, 2.45) is 0 Å². The van der Waals surface area contributed by atoms with Gasteiger partial charge in [-0.3, -0.25) is 9.88 Å². The topological polar surface area (TPSA) is 79.8 Å². The van der Waals surface area contributed by atoms with E-state index in [2.05, 4.69) is 22.0 Å². The summed E-state index contributed by atoms with van der Waals surface area (Å²) in [6, 6.07) is 21.5. The van der Waals surface area contributed by atoms with Crippen molar-refractivity contribution in [2.45, 2.75) is 18.0 Å². The smallest absolute Gasteiger partial charge is 0.338 e. The fourth-order valence-corrected chi connectivity index (χ4v) is 5.08. The van der Waals surface area contributed by atoms with Gasteiger partial charge in [-0.2, -0.15) is 4.31 Å². The average molecular weight is 452 g/mol. The molecule has 0 unspecified atom stereocenters. The molecule has 0 aliphatic carbocycles. The number of piperazine rings is 1. The van der Waals surface area contributed by atoms with Gasteiger partial charge in [0.2, 0.25) is 10.0 Å². The molecule has 32 heavy (non-hydrogen) atoms. The Bertz CT molecular complexity index is 1150. The van der Waals surface area contributed by atoms with Crippen LogP contribution >= 0.6 is 0 Å². The van der Waals surface area contributed by atoms with Crippen LogP contribution in [0, 0.1) is 0 Å². The molecular formula is C24H25N3O4S. The van der Waals surface area contributed by atoms with Gasteiger partial charge in [-0.15, -0.1) is 0 Å². The van der Waals surface area contributed by atoms with E-state index < -0.39 is 16.0 Å². The lowest BCUT2D eigenvalue weighted by atomic mass is 10.2. The first-order chi connectivity index (χ1) is 15.5. The van der Waals surface area contributed by atoms with Crippen molar-refractivity contribution in [1.29, 1.82) is 0 Å². The fraction of sp³-hybridized carbons (Fsp3) is 0.250. The maximum Gasteiger partial charge on any atom is 0.338 e. The second-order valence-corrected chi connectivity index (χ2v) is 9.53. The molecule has 0 saturated carbocycles. The predicted octanol–water partition coefficient (Wildman–Crippen LogP) is 2.95. The number of carbonyl (C=O) groups excluding carboxylic acids is 1. The third-order valence-electron chi connectivity index (χ3n) is 5.37. The molecule has 1 aliphatic heterocycles. The maximum atomic E-state index is 13.2. The van der Waals surface area contributed by atoms with Crippen LogP contribution in [0.4, 0.5) is 0 Å². The number of sulfonamides is 1. The summed E-state index contributed by atoms with van der Waals surface area (Å²) in [6.45, 7) is 2.94. The molecule has 0 bridgehead atoms. The van der Waals surface area contributed by atoms with E-state index in [0.717, 1.165) is 6.54 Å². The lowest BCUT2D eigenvalue weighted by molar-refractivity contribution is 0.0467. The predicted molar refractivity (Wildman–Crippen MR) is 120 cm³/mol. The number of benzene rings is 2. The minimum absolute atomic E-state index is 0.0278. The van der Waals surface area contributed by atoms with E-state index in [1.165, 1.54) is 22.0 Å². The molecule has 1 aliphatic rings. The largest absolute Gasteiger partial charge is 0.456 e. The van der Waals surface area contributed by atoms with Crippen molar-refractivity contribution < 1.29 is 17.9 Å². The molecule has 0 N–H and O–H groups in total. The molecule has 1 saturated heterocycles. The highest BCUT2D eigenvalue weighted by atomic mass is 32.2. The number of rotatable bonds is 7. The van der Waals surface area contributed by atoms with Gasteiger partial charge in [0.15, 0.2) is 0 Å². The van der Waals surface area contributed by atoms with Gasteiger partial charge < -0.3 is 4.74 Å². The van der Waals surface area contributed by atoms with Crippen LogP contribution < -0.4 is 0 Å². The van der Waals surface area contributed by atoms with E-state index in [9.17, 15) is 13.2 Å². The molecule has 3 aromatic rings. The summed E-state index contributed by atoms with van der Waals surface area (Å²) < 4.78 is 33.1. The molecular weight excluding hydrogens is 426 g/mol. The third kappa shape index (κ3) is 5.40. The molecule has 8 heteroatoms. The third-order valence-corrected chi connectivity index (χ3v) is 7.26. The van der Waals surface area contributed by atoms with Gasteiger partial charge in [-0.05, 0) is 35.9 Å². The van der Waals surface area contributed by atoms with Crippen LogP contribution in [0.2, 0.25) is 0 Å². The van der Waals surface area contributed by atoms with Crippen LogP contribution in [-0.2, 0) is 27.9 Å². The maximum absolute atomic E-state index is 13.2. The molecule has 1 aromatic heterocycles. The summed E-state index contributed by atoms with van der Waals surface area (Å²) >= 11 is 0. The lowest BCUT2D eigenvalue weighted by Crippen LogP contribution is -2.48. The standard InChI is InChI=1S/C24H25N3O4S/c28-24(31-19-22-10-4-5-12-25-22)21-9-6-11-23(17-21)32(29,30)27-15-13-26(14-16-27)18-20-7-2-1-3-8-20/h1-12,17H,13-16,18-19H2. The van der Waals surface area contributed by atoms with E-state index in [1.807, 2.05) is 24.3 Å². The Morgan fingerprint density at radius 2 is 1.66 bits per heavy atom. The number of aromatic nitrogens is 1. The van der Waals surface area contributed by atoms with Crippen LogP contribution in [0.15, 0.2) is 83.9 Å².